The van der Waals surface area contributed by atoms with E-state index in [-0.39, 0.29) is 5.41 Å². The molecule has 0 unspecified atom stereocenters. The van der Waals surface area contributed by atoms with E-state index in [1.165, 1.54) is 38.7 Å². The molecule has 10 rings (SSSR count). The van der Waals surface area contributed by atoms with Gasteiger partial charge < -0.3 is 14.5 Å². The minimum atomic E-state index is -0.228. The van der Waals surface area contributed by atoms with Crippen LogP contribution < -0.4 is 14.5 Å². The molecule has 2 aliphatic heterocycles. The molecular formula is C49H36N2O. The van der Waals surface area contributed by atoms with Crippen molar-refractivity contribution >= 4 is 44.9 Å². The van der Waals surface area contributed by atoms with Crippen LogP contribution in [0.3, 0.4) is 0 Å². The molecule has 8 aromatic carbocycles. The summed E-state index contributed by atoms with van der Waals surface area (Å²) in [4.78, 5) is 4.74. The number of hydrogen-bond donors (Lipinski definition) is 0. The van der Waals surface area contributed by atoms with Crippen molar-refractivity contribution in [2.45, 2.75) is 19.3 Å². The van der Waals surface area contributed by atoms with Crippen molar-refractivity contribution in [3.05, 3.63) is 193 Å². The van der Waals surface area contributed by atoms with Gasteiger partial charge in [0.25, 0.3) is 0 Å². The topological polar surface area (TPSA) is 15.7 Å². The third kappa shape index (κ3) is 4.74. The Labute approximate surface area is 304 Å². The SMILES string of the molecule is CC1(C)c2ccccc2N2c3c(cc(-c4ccc(-c5ccc(N(c6ccccc6)c6ccccc6)cc5)cc4)cc31)Oc1ccc3ccccc3c12. The molecule has 248 valence electrons. The van der Waals surface area contributed by atoms with E-state index in [1.807, 2.05) is 0 Å². The Hall–Kier alpha value is -6.58. The molecule has 0 atom stereocenters. The van der Waals surface area contributed by atoms with Crippen molar-refractivity contribution in [2.24, 2.45) is 0 Å². The molecule has 0 bridgehead atoms. The molecule has 8 aromatic rings. The summed E-state index contributed by atoms with van der Waals surface area (Å²) in [5, 5.41) is 2.39. The molecule has 0 fully saturated rings. The van der Waals surface area contributed by atoms with Crippen molar-refractivity contribution in [3.8, 4) is 33.8 Å². The second-order valence-electron chi connectivity index (χ2n) is 14.2. The van der Waals surface area contributed by atoms with E-state index in [0.29, 0.717) is 0 Å². The van der Waals surface area contributed by atoms with E-state index in [4.69, 9.17) is 4.74 Å². The molecule has 3 heteroatoms. The monoisotopic (exact) mass is 668 g/mol. The van der Waals surface area contributed by atoms with Crippen LogP contribution in [0.5, 0.6) is 11.5 Å². The minimum absolute atomic E-state index is 0.228. The van der Waals surface area contributed by atoms with E-state index in [9.17, 15) is 0 Å². The van der Waals surface area contributed by atoms with Crippen LogP contribution in [0.1, 0.15) is 25.0 Å². The number of anilines is 6. The number of para-hydroxylation sites is 3. The van der Waals surface area contributed by atoms with E-state index in [2.05, 4.69) is 206 Å². The van der Waals surface area contributed by atoms with Gasteiger partial charge in [0.2, 0.25) is 0 Å². The quantitative estimate of drug-likeness (QED) is 0.182. The fourth-order valence-corrected chi connectivity index (χ4v) is 8.18. The third-order valence-electron chi connectivity index (χ3n) is 10.8. The maximum atomic E-state index is 6.84. The molecule has 0 saturated carbocycles. The molecule has 52 heavy (non-hydrogen) atoms. The fourth-order valence-electron chi connectivity index (χ4n) is 8.18. The number of benzene rings is 8. The molecular weight excluding hydrogens is 633 g/mol. The van der Waals surface area contributed by atoms with Crippen molar-refractivity contribution < 1.29 is 4.74 Å². The van der Waals surface area contributed by atoms with Gasteiger partial charge in [0.15, 0.2) is 11.5 Å². The first-order chi connectivity index (χ1) is 25.5. The zero-order valence-corrected chi connectivity index (χ0v) is 29.1. The normalized spacial score (nSPS) is 13.5. The highest BCUT2D eigenvalue weighted by molar-refractivity contribution is 6.06. The summed E-state index contributed by atoms with van der Waals surface area (Å²) in [6, 6.07) is 65.2. The van der Waals surface area contributed by atoms with Gasteiger partial charge in [0.05, 0.1) is 17.1 Å². The van der Waals surface area contributed by atoms with Crippen molar-refractivity contribution in [1.82, 2.24) is 0 Å². The summed E-state index contributed by atoms with van der Waals surface area (Å²) >= 11 is 0. The Bertz CT molecular complexity index is 2570. The molecule has 3 nitrogen and oxygen atoms in total. The van der Waals surface area contributed by atoms with E-state index < -0.39 is 0 Å². The standard InChI is InChI=1S/C49H36N2O/c1-49(2)42-19-11-12-20-44(42)51-47-41-18-10-9-13-36(41)27-30-45(47)52-46-32-37(31-43(49)48(46)51)35-23-21-33(22-24-35)34-25-28-40(29-26-34)50(38-14-5-3-6-15-38)39-16-7-4-8-17-39/h3-32H,1-2H3. The molecule has 0 spiro atoms. The van der Waals surface area contributed by atoms with E-state index in [1.54, 1.807) is 0 Å². The molecule has 2 aliphatic rings. The zero-order chi connectivity index (χ0) is 34.8. The van der Waals surface area contributed by atoms with Crippen molar-refractivity contribution in [1.29, 1.82) is 0 Å². The lowest BCUT2D eigenvalue weighted by molar-refractivity contribution is 0.472. The summed E-state index contributed by atoms with van der Waals surface area (Å²) in [5.74, 6) is 1.76. The van der Waals surface area contributed by atoms with Crippen LogP contribution in [0, 0.1) is 0 Å². The number of ether oxygens (including phenoxy) is 1. The second kappa shape index (κ2) is 11.8. The Morgan fingerprint density at radius 3 is 1.69 bits per heavy atom. The van der Waals surface area contributed by atoms with Crippen LogP contribution in [-0.2, 0) is 5.41 Å². The van der Waals surface area contributed by atoms with Crippen LogP contribution in [0.4, 0.5) is 34.1 Å². The number of nitrogens with zero attached hydrogens (tertiary/aromatic N) is 2. The first kappa shape index (κ1) is 30.3. The Kier molecular flexibility index (Phi) is 6.84. The van der Waals surface area contributed by atoms with Crippen LogP contribution in [0.25, 0.3) is 33.0 Å². The molecule has 0 aliphatic carbocycles. The predicted molar refractivity (Wildman–Crippen MR) is 216 cm³/mol. The highest BCUT2D eigenvalue weighted by atomic mass is 16.5. The van der Waals surface area contributed by atoms with Gasteiger partial charge in [-0.05, 0) is 99.4 Å². The molecule has 2 heterocycles. The van der Waals surface area contributed by atoms with Gasteiger partial charge >= 0.3 is 0 Å². The van der Waals surface area contributed by atoms with E-state index in [0.717, 1.165) is 51.1 Å². The highest BCUT2D eigenvalue weighted by Crippen LogP contribution is 2.61. The lowest BCUT2D eigenvalue weighted by Crippen LogP contribution is -2.32. The molecule has 0 radical (unpaired) electrons. The lowest BCUT2D eigenvalue weighted by atomic mass is 9.72. The van der Waals surface area contributed by atoms with Gasteiger partial charge in [-0.3, -0.25) is 0 Å². The number of rotatable bonds is 5. The Morgan fingerprint density at radius 1 is 0.442 bits per heavy atom. The fraction of sp³-hybridized carbons (Fsp3) is 0.0612. The van der Waals surface area contributed by atoms with Gasteiger partial charge in [-0.15, -0.1) is 0 Å². The Morgan fingerprint density at radius 2 is 1.00 bits per heavy atom. The second-order valence-corrected chi connectivity index (χ2v) is 14.2. The maximum absolute atomic E-state index is 6.84. The Balaban J connectivity index is 1.03. The summed E-state index contributed by atoms with van der Waals surface area (Å²) in [6.45, 7) is 4.68. The van der Waals surface area contributed by atoms with E-state index >= 15 is 0 Å². The molecule has 0 saturated heterocycles. The third-order valence-corrected chi connectivity index (χ3v) is 10.8. The number of hydrogen-bond acceptors (Lipinski definition) is 3. The summed E-state index contributed by atoms with van der Waals surface area (Å²) in [5.41, 5.74) is 13.8. The molecule has 0 N–H and O–H groups in total. The minimum Gasteiger partial charge on any atom is -0.453 e. The van der Waals surface area contributed by atoms with Crippen LogP contribution in [0.15, 0.2) is 182 Å². The highest BCUT2D eigenvalue weighted by Gasteiger charge is 2.42. The average molecular weight is 669 g/mol. The number of fused-ring (bicyclic) bond motifs is 6. The first-order valence-corrected chi connectivity index (χ1v) is 17.9. The van der Waals surface area contributed by atoms with Crippen molar-refractivity contribution in [2.75, 3.05) is 9.80 Å². The van der Waals surface area contributed by atoms with Crippen LogP contribution in [0.2, 0.25) is 0 Å². The van der Waals surface area contributed by atoms with Gasteiger partial charge in [-0.25, -0.2) is 0 Å². The summed E-state index contributed by atoms with van der Waals surface area (Å²) in [6.07, 6.45) is 0. The first-order valence-electron chi connectivity index (χ1n) is 17.9. The zero-order valence-electron chi connectivity index (χ0n) is 29.1. The van der Waals surface area contributed by atoms with Gasteiger partial charge in [0, 0.05) is 27.9 Å². The average Bonchev–Trinajstić information content (AvgIpc) is 3.20. The molecule has 0 amide bonds. The predicted octanol–water partition coefficient (Wildman–Crippen LogP) is 13.9. The van der Waals surface area contributed by atoms with Gasteiger partial charge in [-0.1, -0.05) is 135 Å². The van der Waals surface area contributed by atoms with Gasteiger partial charge in [0.1, 0.15) is 0 Å². The largest absolute Gasteiger partial charge is 0.453 e. The van der Waals surface area contributed by atoms with Crippen molar-refractivity contribution in [3.63, 3.8) is 0 Å². The maximum Gasteiger partial charge on any atom is 0.152 e. The van der Waals surface area contributed by atoms with Gasteiger partial charge in [-0.2, -0.15) is 0 Å². The molecule has 0 aromatic heterocycles. The smallest absolute Gasteiger partial charge is 0.152 e. The summed E-state index contributed by atoms with van der Waals surface area (Å²) in [7, 11) is 0. The van der Waals surface area contributed by atoms with Crippen LogP contribution >= 0.6 is 0 Å². The lowest BCUT2D eigenvalue weighted by Gasteiger charge is -2.45. The van der Waals surface area contributed by atoms with Crippen LogP contribution in [-0.4, -0.2) is 0 Å². The summed E-state index contributed by atoms with van der Waals surface area (Å²) < 4.78 is 6.84.